The molecule has 1 aromatic carbocycles. The first-order chi connectivity index (χ1) is 9.35. The fourth-order valence-corrected chi connectivity index (χ4v) is 2.30. The van der Waals surface area contributed by atoms with Gasteiger partial charge in [-0.15, -0.1) is 0 Å². The summed E-state index contributed by atoms with van der Waals surface area (Å²) in [7, 11) is 1.56. The highest BCUT2D eigenvalue weighted by molar-refractivity contribution is 6.32. The molecule has 0 aliphatic rings. The van der Waals surface area contributed by atoms with Gasteiger partial charge in [-0.05, 0) is 38.0 Å². The highest BCUT2D eigenvalue weighted by Gasteiger charge is 2.17. The predicted molar refractivity (Wildman–Crippen MR) is 83.9 cm³/mol. The Labute approximate surface area is 126 Å². The molecule has 0 aromatic heterocycles. The standard InChI is InChI=1S/C16H24ClNO2/c1-11(2)9-18(12(3)4)10-15(19)13-6-7-16(20-5)14(17)8-13/h6-8,11-12H,9-10H2,1-5H3. The van der Waals surface area contributed by atoms with E-state index < -0.39 is 0 Å². The summed E-state index contributed by atoms with van der Waals surface area (Å²) in [5.74, 6) is 1.21. The van der Waals surface area contributed by atoms with E-state index in [-0.39, 0.29) is 5.78 Å². The van der Waals surface area contributed by atoms with Crippen molar-refractivity contribution in [2.45, 2.75) is 33.7 Å². The summed E-state index contributed by atoms with van der Waals surface area (Å²) in [6, 6.07) is 5.52. The molecule has 1 rings (SSSR count). The number of Topliss-reactive ketones (excluding diaryl/α,β-unsaturated/α-hetero) is 1. The van der Waals surface area contributed by atoms with Crippen molar-refractivity contribution in [2.24, 2.45) is 5.92 Å². The minimum atomic E-state index is 0.0869. The Morgan fingerprint density at radius 1 is 1.30 bits per heavy atom. The van der Waals surface area contributed by atoms with Crippen LogP contribution in [0.1, 0.15) is 38.1 Å². The number of carbonyl (C=O) groups is 1. The number of hydrogen-bond acceptors (Lipinski definition) is 3. The average Bonchev–Trinajstić information content (AvgIpc) is 2.37. The van der Waals surface area contributed by atoms with Crippen LogP contribution in [0, 0.1) is 5.92 Å². The van der Waals surface area contributed by atoms with Crippen LogP contribution in [0.3, 0.4) is 0 Å². The zero-order valence-electron chi connectivity index (χ0n) is 12.9. The lowest BCUT2D eigenvalue weighted by Gasteiger charge is -2.27. The van der Waals surface area contributed by atoms with E-state index in [4.69, 9.17) is 16.3 Å². The Balaban J connectivity index is 2.81. The van der Waals surface area contributed by atoms with E-state index >= 15 is 0 Å². The summed E-state index contributed by atoms with van der Waals surface area (Å²) in [4.78, 5) is 14.5. The van der Waals surface area contributed by atoms with Crippen LogP contribution in [-0.4, -0.2) is 36.9 Å². The van der Waals surface area contributed by atoms with E-state index in [1.807, 2.05) is 0 Å². The van der Waals surface area contributed by atoms with Crippen LogP contribution in [0.25, 0.3) is 0 Å². The van der Waals surface area contributed by atoms with Crippen molar-refractivity contribution in [3.8, 4) is 5.75 Å². The van der Waals surface area contributed by atoms with E-state index in [1.165, 1.54) is 0 Å². The maximum atomic E-state index is 12.4. The average molecular weight is 298 g/mol. The van der Waals surface area contributed by atoms with Gasteiger partial charge in [0.15, 0.2) is 5.78 Å². The highest BCUT2D eigenvalue weighted by Crippen LogP contribution is 2.25. The molecule has 0 atom stereocenters. The van der Waals surface area contributed by atoms with Crippen molar-refractivity contribution in [2.75, 3.05) is 20.2 Å². The number of methoxy groups -OCH3 is 1. The number of ether oxygens (including phenoxy) is 1. The van der Waals surface area contributed by atoms with Crippen LogP contribution in [0.15, 0.2) is 18.2 Å². The number of ketones is 1. The number of halogens is 1. The third-order valence-corrected chi connectivity index (χ3v) is 3.45. The van der Waals surface area contributed by atoms with E-state index in [0.717, 1.165) is 6.54 Å². The van der Waals surface area contributed by atoms with E-state index in [0.29, 0.717) is 34.8 Å². The minimum Gasteiger partial charge on any atom is -0.495 e. The Kier molecular flexibility index (Phi) is 6.50. The molecule has 0 saturated heterocycles. The molecule has 0 radical (unpaired) electrons. The number of carbonyl (C=O) groups excluding carboxylic acids is 1. The molecule has 0 N–H and O–H groups in total. The predicted octanol–water partition coefficient (Wildman–Crippen LogP) is 3.90. The third kappa shape index (κ3) is 4.80. The summed E-state index contributed by atoms with van der Waals surface area (Å²) in [5, 5.41) is 0.471. The monoisotopic (exact) mass is 297 g/mol. The fraction of sp³-hybridized carbons (Fsp3) is 0.562. The van der Waals surface area contributed by atoms with Crippen LogP contribution in [0.4, 0.5) is 0 Å². The third-order valence-electron chi connectivity index (χ3n) is 3.15. The molecule has 0 aliphatic carbocycles. The van der Waals surface area contributed by atoms with Gasteiger partial charge in [0.25, 0.3) is 0 Å². The van der Waals surface area contributed by atoms with Gasteiger partial charge in [-0.3, -0.25) is 9.69 Å². The Morgan fingerprint density at radius 2 is 1.95 bits per heavy atom. The maximum absolute atomic E-state index is 12.4. The fourth-order valence-electron chi connectivity index (χ4n) is 2.04. The molecule has 0 saturated carbocycles. The van der Waals surface area contributed by atoms with Crippen molar-refractivity contribution in [1.82, 2.24) is 4.90 Å². The van der Waals surface area contributed by atoms with Crippen molar-refractivity contribution >= 4 is 17.4 Å². The second kappa shape index (κ2) is 7.65. The number of hydrogen-bond donors (Lipinski definition) is 0. The molecule has 3 nitrogen and oxygen atoms in total. The van der Waals surface area contributed by atoms with Crippen molar-refractivity contribution in [1.29, 1.82) is 0 Å². The number of nitrogens with zero attached hydrogens (tertiary/aromatic N) is 1. The molecule has 0 aliphatic heterocycles. The lowest BCUT2D eigenvalue weighted by Crippen LogP contribution is -2.38. The minimum absolute atomic E-state index is 0.0869. The van der Waals surface area contributed by atoms with Gasteiger partial charge >= 0.3 is 0 Å². The van der Waals surface area contributed by atoms with Crippen LogP contribution in [-0.2, 0) is 0 Å². The van der Waals surface area contributed by atoms with Gasteiger partial charge in [-0.2, -0.15) is 0 Å². The first-order valence-electron chi connectivity index (χ1n) is 6.96. The first-order valence-corrected chi connectivity index (χ1v) is 7.33. The molecule has 20 heavy (non-hydrogen) atoms. The summed E-state index contributed by atoms with van der Waals surface area (Å²) < 4.78 is 5.10. The summed E-state index contributed by atoms with van der Waals surface area (Å²) in [6.07, 6.45) is 0. The molecular formula is C16H24ClNO2. The quantitative estimate of drug-likeness (QED) is 0.715. The normalized spacial score (nSPS) is 11.4. The summed E-state index contributed by atoms with van der Waals surface area (Å²) in [5.41, 5.74) is 0.630. The van der Waals surface area contributed by atoms with E-state index in [9.17, 15) is 4.79 Å². The second-order valence-corrected chi connectivity index (χ2v) is 6.10. The van der Waals surface area contributed by atoms with Gasteiger partial charge in [0.05, 0.1) is 18.7 Å². The SMILES string of the molecule is COc1ccc(C(=O)CN(CC(C)C)C(C)C)cc1Cl. The molecule has 0 spiro atoms. The van der Waals surface area contributed by atoms with Crippen LogP contribution < -0.4 is 4.74 Å². The van der Waals surface area contributed by atoms with Gasteiger partial charge in [0, 0.05) is 18.2 Å². The smallest absolute Gasteiger partial charge is 0.176 e. The van der Waals surface area contributed by atoms with E-state index in [2.05, 4.69) is 32.6 Å². The Hall–Kier alpha value is -1.06. The summed E-state index contributed by atoms with van der Waals surface area (Å²) >= 11 is 6.07. The molecule has 0 heterocycles. The van der Waals surface area contributed by atoms with Crippen LogP contribution in [0.2, 0.25) is 5.02 Å². The molecule has 112 valence electrons. The zero-order valence-corrected chi connectivity index (χ0v) is 13.7. The molecule has 0 unspecified atom stereocenters. The van der Waals surface area contributed by atoms with Crippen molar-refractivity contribution < 1.29 is 9.53 Å². The van der Waals surface area contributed by atoms with Crippen LogP contribution >= 0.6 is 11.6 Å². The lowest BCUT2D eigenvalue weighted by molar-refractivity contribution is 0.0892. The van der Waals surface area contributed by atoms with Crippen molar-refractivity contribution in [3.63, 3.8) is 0 Å². The molecular weight excluding hydrogens is 274 g/mol. The largest absolute Gasteiger partial charge is 0.495 e. The second-order valence-electron chi connectivity index (χ2n) is 5.69. The van der Waals surface area contributed by atoms with Crippen LogP contribution in [0.5, 0.6) is 5.75 Å². The van der Waals surface area contributed by atoms with Gasteiger partial charge in [0.1, 0.15) is 5.75 Å². The zero-order chi connectivity index (χ0) is 15.3. The van der Waals surface area contributed by atoms with Gasteiger partial charge < -0.3 is 4.74 Å². The number of benzene rings is 1. The Morgan fingerprint density at radius 3 is 2.40 bits per heavy atom. The molecule has 1 aromatic rings. The summed E-state index contributed by atoms with van der Waals surface area (Å²) in [6.45, 7) is 9.85. The molecule has 0 bridgehead atoms. The topological polar surface area (TPSA) is 29.5 Å². The molecule has 0 amide bonds. The first kappa shape index (κ1) is 17.0. The van der Waals surface area contributed by atoms with Gasteiger partial charge in [-0.1, -0.05) is 25.4 Å². The lowest BCUT2D eigenvalue weighted by atomic mass is 10.1. The molecule has 4 heteroatoms. The van der Waals surface area contributed by atoms with Crippen molar-refractivity contribution in [3.05, 3.63) is 28.8 Å². The maximum Gasteiger partial charge on any atom is 0.176 e. The van der Waals surface area contributed by atoms with Gasteiger partial charge in [0.2, 0.25) is 0 Å². The highest BCUT2D eigenvalue weighted by atomic mass is 35.5. The van der Waals surface area contributed by atoms with Gasteiger partial charge in [-0.25, -0.2) is 0 Å². The number of rotatable bonds is 7. The van der Waals surface area contributed by atoms with E-state index in [1.54, 1.807) is 25.3 Å². The molecule has 0 fully saturated rings. The Bertz CT molecular complexity index is 458.